The Kier molecular flexibility index (Phi) is 3.38. The molecule has 0 aliphatic heterocycles. The number of rotatable bonds is 4. The fourth-order valence-corrected chi connectivity index (χ4v) is 2.36. The lowest BCUT2D eigenvalue weighted by Gasteiger charge is -2.08. The minimum absolute atomic E-state index is 0.325. The molecule has 6 nitrogen and oxygen atoms in total. The summed E-state index contributed by atoms with van der Waals surface area (Å²) in [5.41, 5.74) is 1.97. The first-order valence-electron chi connectivity index (χ1n) is 5.90. The predicted octanol–water partition coefficient (Wildman–Crippen LogP) is 2.18. The van der Waals surface area contributed by atoms with E-state index in [0.717, 1.165) is 10.7 Å². The van der Waals surface area contributed by atoms with Gasteiger partial charge in [0.2, 0.25) is 0 Å². The Labute approximate surface area is 118 Å². The highest BCUT2D eigenvalue weighted by atomic mass is 32.1. The van der Waals surface area contributed by atoms with E-state index in [9.17, 15) is 4.39 Å². The van der Waals surface area contributed by atoms with Gasteiger partial charge >= 0.3 is 0 Å². The first-order chi connectivity index (χ1) is 9.72. The normalized spacial score (nSPS) is 10.7. The van der Waals surface area contributed by atoms with Crippen LogP contribution in [0.3, 0.4) is 0 Å². The SMILES string of the molecule is Cc1nc(CNc2cc(-n3cnnn3)ccc2F)cs1. The predicted molar refractivity (Wildman–Crippen MR) is 73.3 cm³/mol. The molecule has 0 saturated carbocycles. The van der Waals surface area contributed by atoms with E-state index in [1.165, 1.54) is 17.1 Å². The number of thiazole rings is 1. The molecule has 1 N–H and O–H groups in total. The molecular weight excluding hydrogens is 279 g/mol. The van der Waals surface area contributed by atoms with Crippen molar-refractivity contribution in [2.45, 2.75) is 13.5 Å². The second-order valence-corrected chi connectivity index (χ2v) is 5.19. The maximum Gasteiger partial charge on any atom is 0.146 e. The summed E-state index contributed by atoms with van der Waals surface area (Å²) in [6.45, 7) is 2.41. The molecule has 0 fully saturated rings. The Morgan fingerprint density at radius 2 is 2.30 bits per heavy atom. The van der Waals surface area contributed by atoms with E-state index >= 15 is 0 Å². The minimum Gasteiger partial charge on any atom is -0.377 e. The fourth-order valence-electron chi connectivity index (χ4n) is 1.75. The zero-order valence-corrected chi connectivity index (χ0v) is 11.4. The van der Waals surface area contributed by atoms with Crippen molar-refractivity contribution in [2.75, 3.05) is 5.32 Å². The summed E-state index contributed by atoms with van der Waals surface area (Å²) in [6.07, 6.45) is 1.46. The number of nitrogens with zero attached hydrogens (tertiary/aromatic N) is 5. The summed E-state index contributed by atoms with van der Waals surface area (Å²) in [7, 11) is 0. The third-order valence-corrected chi connectivity index (χ3v) is 3.51. The van der Waals surface area contributed by atoms with Crippen LogP contribution in [0.5, 0.6) is 0 Å². The van der Waals surface area contributed by atoms with Gasteiger partial charge in [0.1, 0.15) is 12.1 Å². The van der Waals surface area contributed by atoms with E-state index in [1.807, 2.05) is 12.3 Å². The lowest BCUT2D eigenvalue weighted by atomic mass is 10.2. The van der Waals surface area contributed by atoms with Crippen LogP contribution in [0.2, 0.25) is 0 Å². The maximum atomic E-state index is 13.8. The number of tetrazole rings is 1. The quantitative estimate of drug-likeness (QED) is 0.797. The van der Waals surface area contributed by atoms with Gasteiger partial charge in [0.25, 0.3) is 0 Å². The van der Waals surface area contributed by atoms with E-state index in [4.69, 9.17) is 0 Å². The molecule has 0 saturated heterocycles. The first-order valence-corrected chi connectivity index (χ1v) is 6.78. The molecule has 0 aliphatic rings. The topological polar surface area (TPSA) is 68.5 Å². The van der Waals surface area contributed by atoms with Crippen molar-refractivity contribution in [3.05, 3.63) is 46.4 Å². The lowest BCUT2D eigenvalue weighted by Crippen LogP contribution is -2.04. The van der Waals surface area contributed by atoms with Crippen LogP contribution < -0.4 is 5.32 Å². The Hall–Kier alpha value is -2.35. The molecule has 0 radical (unpaired) electrons. The van der Waals surface area contributed by atoms with Gasteiger partial charge in [-0.25, -0.2) is 14.1 Å². The van der Waals surface area contributed by atoms with Gasteiger partial charge in [-0.1, -0.05) is 0 Å². The third-order valence-electron chi connectivity index (χ3n) is 2.69. The Morgan fingerprint density at radius 3 is 3.00 bits per heavy atom. The standard InChI is InChI=1S/C12H11FN6S/c1-8-16-9(6-20-8)5-14-12-4-10(2-3-11(12)13)19-7-15-17-18-19/h2-4,6-7,14H,5H2,1H3. The monoisotopic (exact) mass is 290 g/mol. The molecular formula is C12H11FN6S. The number of nitrogens with one attached hydrogen (secondary N) is 1. The molecule has 0 spiro atoms. The number of anilines is 1. The van der Waals surface area contributed by atoms with E-state index in [1.54, 1.807) is 23.5 Å². The van der Waals surface area contributed by atoms with Crippen molar-refractivity contribution in [3.8, 4) is 5.69 Å². The summed E-state index contributed by atoms with van der Waals surface area (Å²) in [5, 5.41) is 16.9. The molecule has 102 valence electrons. The van der Waals surface area contributed by atoms with Crippen molar-refractivity contribution >= 4 is 17.0 Å². The number of aromatic nitrogens is 5. The highest BCUT2D eigenvalue weighted by molar-refractivity contribution is 7.09. The van der Waals surface area contributed by atoms with Crippen molar-refractivity contribution in [1.29, 1.82) is 0 Å². The molecule has 8 heteroatoms. The van der Waals surface area contributed by atoms with Gasteiger partial charge < -0.3 is 5.32 Å². The highest BCUT2D eigenvalue weighted by Gasteiger charge is 2.06. The number of benzene rings is 1. The van der Waals surface area contributed by atoms with Crippen molar-refractivity contribution in [1.82, 2.24) is 25.2 Å². The number of hydrogen-bond donors (Lipinski definition) is 1. The van der Waals surface area contributed by atoms with E-state index in [0.29, 0.717) is 17.9 Å². The van der Waals surface area contributed by atoms with Crippen LogP contribution in [0.4, 0.5) is 10.1 Å². The van der Waals surface area contributed by atoms with Crippen LogP contribution in [0, 0.1) is 12.7 Å². The zero-order chi connectivity index (χ0) is 13.9. The second-order valence-electron chi connectivity index (χ2n) is 4.13. The van der Waals surface area contributed by atoms with Crippen LogP contribution in [0.1, 0.15) is 10.7 Å². The van der Waals surface area contributed by atoms with E-state index in [-0.39, 0.29) is 5.82 Å². The van der Waals surface area contributed by atoms with E-state index in [2.05, 4.69) is 25.8 Å². The van der Waals surface area contributed by atoms with Crippen molar-refractivity contribution in [2.24, 2.45) is 0 Å². The molecule has 3 aromatic rings. The van der Waals surface area contributed by atoms with Crippen LogP contribution in [-0.2, 0) is 6.54 Å². The van der Waals surface area contributed by atoms with Gasteiger partial charge in [-0.05, 0) is 35.5 Å². The zero-order valence-electron chi connectivity index (χ0n) is 10.6. The number of aryl methyl sites for hydroxylation is 1. The van der Waals surface area contributed by atoms with Crippen molar-refractivity contribution in [3.63, 3.8) is 0 Å². The van der Waals surface area contributed by atoms with Gasteiger partial charge in [0, 0.05) is 5.38 Å². The lowest BCUT2D eigenvalue weighted by molar-refractivity contribution is 0.629. The number of hydrogen-bond acceptors (Lipinski definition) is 6. The Bertz CT molecular complexity index is 709. The fraction of sp³-hybridized carbons (Fsp3) is 0.167. The van der Waals surface area contributed by atoms with Gasteiger partial charge in [0.15, 0.2) is 0 Å². The van der Waals surface area contributed by atoms with E-state index < -0.39 is 0 Å². The molecule has 0 atom stereocenters. The average molecular weight is 290 g/mol. The van der Waals surface area contributed by atoms with Crippen LogP contribution in [0.15, 0.2) is 29.9 Å². The molecule has 20 heavy (non-hydrogen) atoms. The summed E-state index contributed by atoms with van der Waals surface area (Å²) in [5.74, 6) is -0.325. The Balaban J connectivity index is 1.80. The third kappa shape index (κ3) is 2.64. The molecule has 0 bridgehead atoms. The number of halogens is 1. The molecule has 1 aromatic carbocycles. The molecule has 3 rings (SSSR count). The summed E-state index contributed by atoms with van der Waals surface area (Å²) < 4.78 is 15.2. The molecule has 2 heterocycles. The average Bonchev–Trinajstić information content (AvgIpc) is 3.09. The second kappa shape index (κ2) is 5.33. The van der Waals surface area contributed by atoms with Gasteiger partial charge in [0.05, 0.1) is 28.6 Å². The summed E-state index contributed by atoms with van der Waals surface area (Å²) in [4.78, 5) is 4.32. The molecule has 0 aliphatic carbocycles. The Morgan fingerprint density at radius 1 is 1.40 bits per heavy atom. The van der Waals surface area contributed by atoms with Gasteiger partial charge in [-0.2, -0.15) is 0 Å². The minimum atomic E-state index is -0.325. The molecule has 0 amide bonds. The van der Waals surface area contributed by atoms with Gasteiger partial charge in [-0.3, -0.25) is 0 Å². The summed E-state index contributed by atoms with van der Waals surface area (Å²) in [6, 6.07) is 4.65. The maximum absolute atomic E-state index is 13.8. The van der Waals surface area contributed by atoms with Crippen LogP contribution >= 0.6 is 11.3 Å². The highest BCUT2D eigenvalue weighted by Crippen LogP contribution is 2.19. The largest absolute Gasteiger partial charge is 0.377 e. The first kappa shape index (κ1) is 12.7. The smallest absolute Gasteiger partial charge is 0.146 e. The molecule has 0 unspecified atom stereocenters. The van der Waals surface area contributed by atoms with Crippen molar-refractivity contribution < 1.29 is 4.39 Å². The molecule has 2 aromatic heterocycles. The van der Waals surface area contributed by atoms with Gasteiger partial charge in [-0.15, -0.1) is 16.4 Å². The van der Waals surface area contributed by atoms with Crippen LogP contribution in [-0.4, -0.2) is 25.2 Å². The summed E-state index contributed by atoms with van der Waals surface area (Å²) >= 11 is 1.57. The van der Waals surface area contributed by atoms with Crippen LogP contribution in [0.25, 0.3) is 5.69 Å².